The molecule has 1 N–H and O–H groups in total. The second-order valence-corrected chi connectivity index (χ2v) is 9.26. The summed E-state index contributed by atoms with van der Waals surface area (Å²) in [6.45, 7) is 1.09. The van der Waals surface area contributed by atoms with Crippen LogP contribution in [-0.4, -0.2) is 46.7 Å². The van der Waals surface area contributed by atoms with E-state index in [0.717, 1.165) is 66.6 Å². The van der Waals surface area contributed by atoms with Crippen LogP contribution in [0.5, 0.6) is 11.5 Å². The van der Waals surface area contributed by atoms with Crippen molar-refractivity contribution in [2.75, 3.05) is 20.7 Å². The lowest BCUT2D eigenvalue weighted by atomic mass is 9.54. The number of aromatic nitrogens is 2. The van der Waals surface area contributed by atoms with E-state index >= 15 is 0 Å². The largest absolute Gasteiger partial charge is 0.504 e. The van der Waals surface area contributed by atoms with Crippen LogP contribution in [-0.2, 0) is 24.7 Å². The maximum atomic E-state index is 11.3. The summed E-state index contributed by atoms with van der Waals surface area (Å²) >= 11 is 0. The van der Waals surface area contributed by atoms with E-state index in [4.69, 9.17) is 14.7 Å². The Bertz CT molecular complexity index is 1160. The molecule has 3 aliphatic rings. The second-order valence-electron chi connectivity index (χ2n) is 9.26. The number of phenols is 1. The van der Waals surface area contributed by atoms with Crippen molar-refractivity contribution in [1.29, 1.82) is 0 Å². The molecule has 0 saturated carbocycles. The van der Waals surface area contributed by atoms with Gasteiger partial charge in [0.1, 0.15) is 0 Å². The number of aromatic hydroxyl groups is 1. The number of methoxy groups -OCH3 is 1. The van der Waals surface area contributed by atoms with Crippen LogP contribution in [0.15, 0.2) is 36.4 Å². The van der Waals surface area contributed by atoms with Gasteiger partial charge in [-0.2, -0.15) is 0 Å². The van der Waals surface area contributed by atoms with E-state index in [0.29, 0.717) is 23.5 Å². The van der Waals surface area contributed by atoms with Gasteiger partial charge in [0.15, 0.2) is 11.5 Å². The molecule has 0 spiro atoms. The van der Waals surface area contributed by atoms with E-state index in [9.17, 15) is 5.11 Å². The Hall–Kier alpha value is -2.66. The number of likely N-dealkylation sites (tertiary alicyclic amines) is 1. The molecule has 2 heterocycles. The van der Waals surface area contributed by atoms with E-state index in [1.165, 1.54) is 5.56 Å². The zero-order valence-corrected chi connectivity index (χ0v) is 17.6. The van der Waals surface area contributed by atoms with Gasteiger partial charge >= 0.3 is 0 Å². The van der Waals surface area contributed by atoms with E-state index < -0.39 is 0 Å². The summed E-state index contributed by atoms with van der Waals surface area (Å²) < 4.78 is 5.52. The van der Waals surface area contributed by atoms with Gasteiger partial charge in [0, 0.05) is 23.4 Å². The molecule has 3 aromatic rings. The molecule has 2 aromatic carbocycles. The van der Waals surface area contributed by atoms with E-state index in [-0.39, 0.29) is 5.41 Å². The van der Waals surface area contributed by atoms with Crippen molar-refractivity contribution in [2.24, 2.45) is 5.92 Å². The van der Waals surface area contributed by atoms with Crippen LogP contribution in [0.2, 0.25) is 0 Å². The molecule has 2 bridgehead atoms. The van der Waals surface area contributed by atoms with Crippen molar-refractivity contribution in [3.63, 3.8) is 0 Å². The molecule has 1 aliphatic heterocycles. The fraction of sp³-hybridized carbons (Fsp3) is 0.440. The zero-order valence-electron chi connectivity index (χ0n) is 17.6. The predicted octanol–water partition coefficient (Wildman–Crippen LogP) is 3.65. The topological polar surface area (TPSA) is 58.5 Å². The van der Waals surface area contributed by atoms with Crippen molar-refractivity contribution in [3.8, 4) is 11.5 Å². The highest BCUT2D eigenvalue weighted by Gasteiger charge is 2.55. The van der Waals surface area contributed by atoms with Gasteiger partial charge < -0.3 is 14.7 Å². The highest BCUT2D eigenvalue weighted by Crippen LogP contribution is 2.57. The van der Waals surface area contributed by atoms with Crippen LogP contribution in [0.4, 0.5) is 0 Å². The van der Waals surface area contributed by atoms with E-state index in [2.05, 4.69) is 24.1 Å². The minimum atomic E-state index is -0.119. The molecular weight excluding hydrogens is 374 g/mol. The monoisotopic (exact) mass is 401 g/mol. The average Bonchev–Trinajstić information content (AvgIpc) is 2.84. The van der Waals surface area contributed by atoms with Gasteiger partial charge in [-0.3, -0.25) is 0 Å². The molecule has 2 aliphatic carbocycles. The van der Waals surface area contributed by atoms with Crippen LogP contribution >= 0.6 is 0 Å². The Balaban J connectivity index is 1.61. The molecule has 154 valence electrons. The van der Waals surface area contributed by atoms with Gasteiger partial charge in [0.25, 0.3) is 0 Å². The first-order valence-corrected chi connectivity index (χ1v) is 10.9. The van der Waals surface area contributed by atoms with Gasteiger partial charge in [0.2, 0.25) is 0 Å². The molecule has 5 nitrogen and oxygen atoms in total. The number of para-hydroxylation sites is 2. The minimum absolute atomic E-state index is 0.119. The predicted molar refractivity (Wildman–Crippen MR) is 116 cm³/mol. The highest BCUT2D eigenvalue weighted by molar-refractivity contribution is 5.74. The van der Waals surface area contributed by atoms with Crippen molar-refractivity contribution in [3.05, 3.63) is 58.9 Å². The molecule has 0 unspecified atom stereocenters. The molecule has 0 amide bonds. The molecule has 3 atom stereocenters. The van der Waals surface area contributed by atoms with Crippen molar-refractivity contribution in [1.82, 2.24) is 14.9 Å². The summed E-state index contributed by atoms with van der Waals surface area (Å²) in [6.07, 6.45) is 4.89. The molecule has 6 rings (SSSR count). The average molecular weight is 402 g/mol. The number of hydrogen-bond acceptors (Lipinski definition) is 5. The smallest absolute Gasteiger partial charge is 0.161 e. The van der Waals surface area contributed by atoms with Gasteiger partial charge in [-0.1, -0.05) is 18.2 Å². The van der Waals surface area contributed by atoms with Crippen molar-refractivity contribution < 1.29 is 9.84 Å². The lowest BCUT2D eigenvalue weighted by molar-refractivity contribution is 0.107. The number of hydrogen-bond donors (Lipinski definition) is 1. The third kappa shape index (κ3) is 2.38. The third-order valence-corrected chi connectivity index (χ3v) is 7.87. The summed E-state index contributed by atoms with van der Waals surface area (Å²) in [5, 5.41) is 11.3. The Morgan fingerprint density at radius 1 is 1.07 bits per heavy atom. The second kappa shape index (κ2) is 6.42. The number of ether oxygens (including phenoxy) is 1. The maximum Gasteiger partial charge on any atom is 0.161 e. The van der Waals surface area contributed by atoms with E-state index in [1.54, 1.807) is 7.11 Å². The fourth-order valence-electron chi connectivity index (χ4n) is 6.53. The first kappa shape index (κ1) is 18.1. The summed E-state index contributed by atoms with van der Waals surface area (Å²) in [4.78, 5) is 12.6. The zero-order chi connectivity index (χ0) is 20.5. The van der Waals surface area contributed by atoms with Crippen LogP contribution < -0.4 is 4.74 Å². The van der Waals surface area contributed by atoms with E-state index in [1.807, 2.05) is 24.3 Å². The number of rotatable bonds is 1. The molecule has 30 heavy (non-hydrogen) atoms. The first-order chi connectivity index (χ1) is 14.6. The first-order valence-electron chi connectivity index (χ1n) is 10.9. The van der Waals surface area contributed by atoms with Gasteiger partial charge in [0.05, 0.1) is 29.5 Å². The molecule has 0 radical (unpaired) electrons. The van der Waals surface area contributed by atoms with Gasteiger partial charge in [-0.05, 0) is 69.0 Å². The normalized spacial score (nSPS) is 27.7. The van der Waals surface area contributed by atoms with Gasteiger partial charge in [-0.15, -0.1) is 0 Å². The Morgan fingerprint density at radius 2 is 1.83 bits per heavy atom. The van der Waals surface area contributed by atoms with Crippen LogP contribution in [0.25, 0.3) is 11.0 Å². The molecule has 1 aromatic heterocycles. The maximum absolute atomic E-state index is 11.3. The highest BCUT2D eigenvalue weighted by atomic mass is 16.5. The lowest BCUT2D eigenvalue weighted by Crippen LogP contribution is -2.55. The SMILES string of the molecule is COc1ccc2c(c1O)[C@@]13CCCN(C)[C@@H](C2)[C@H]1Cc1nc2ccccc2nc1C3. The van der Waals surface area contributed by atoms with Gasteiger partial charge in [-0.25, -0.2) is 9.97 Å². The molecule has 1 saturated heterocycles. The third-order valence-electron chi connectivity index (χ3n) is 7.87. The fourth-order valence-corrected chi connectivity index (χ4v) is 6.53. The minimum Gasteiger partial charge on any atom is -0.504 e. The number of fused-ring (bicyclic) bond motifs is 3. The Kier molecular flexibility index (Phi) is 3.88. The number of phenolic OH excluding ortho intramolecular Hbond substituents is 1. The molecular formula is C25H27N3O2. The van der Waals surface area contributed by atoms with Crippen LogP contribution in [0.1, 0.15) is 35.4 Å². The summed E-state index contributed by atoms with van der Waals surface area (Å²) in [5.74, 6) is 1.33. The number of benzene rings is 2. The van der Waals surface area contributed by atoms with Crippen molar-refractivity contribution in [2.45, 2.75) is 43.6 Å². The summed E-state index contributed by atoms with van der Waals surface area (Å²) in [7, 11) is 3.90. The number of likely N-dealkylation sites (N-methyl/N-ethyl adjacent to an activating group) is 1. The van der Waals surface area contributed by atoms with Crippen LogP contribution in [0.3, 0.4) is 0 Å². The standard InChI is InChI=1S/C25H27N3O2/c1-28-11-5-10-25-14-20-19(26-17-6-3-4-7-18(17)27-20)13-16(25)21(28)12-15-8-9-22(30-2)24(29)23(15)25/h3-4,6-9,16,21,29H,5,10-14H2,1-2H3/t16-,21+,25-/m1/s1. The Morgan fingerprint density at radius 3 is 2.60 bits per heavy atom. The molecule has 1 fully saturated rings. The lowest BCUT2D eigenvalue weighted by Gasteiger charge is -2.52. The number of nitrogens with zero attached hydrogens (tertiary/aromatic N) is 3. The molecule has 5 heteroatoms. The van der Waals surface area contributed by atoms with Crippen molar-refractivity contribution >= 4 is 11.0 Å². The quantitative estimate of drug-likeness (QED) is 0.675. The summed E-state index contributed by atoms with van der Waals surface area (Å²) in [5.41, 5.74) is 6.43. The van der Waals surface area contributed by atoms with Crippen LogP contribution in [0, 0.1) is 5.92 Å². The summed E-state index contributed by atoms with van der Waals surface area (Å²) in [6, 6.07) is 12.7. The Labute approximate surface area is 176 Å².